The number of aromatic nitrogens is 1. The number of oxazole rings is 1. The summed E-state index contributed by atoms with van der Waals surface area (Å²) in [6, 6.07) is 20.8. The number of hydrogen-bond acceptors (Lipinski definition) is 6. The molecule has 3 aromatic carbocycles. The summed E-state index contributed by atoms with van der Waals surface area (Å²) in [4.78, 5) is 34.0. The van der Waals surface area contributed by atoms with Crippen molar-refractivity contribution in [2.24, 2.45) is 0 Å². The van der Waals surface area contributed by atoms with Crippen molar-refractivity contribution < 1.29 is 18.7 Å². The fourth-order valence-electron chi connectivity index (χ4n) is 4.47. The molecule has 0 bridgehead atoms. The topological polar surface area (TPSA) is 87.9 Å². The predicted molar refractivity (Wildman–Crippen MR) is 155 cm³/mol. The summed E-state index contributed by atoms with van der Waals surface area (Å²) in [5.41, 5.74) is 3.90. The van der Waals surface area contributed by atoms with Crippen molar-refractivity contribution in [1.29, 1.82) is 0 Å². The first-order chi connectivity index (χ1) is 18.7. The molecule has 1 saturated heterocycles. The van der Waals surface area contributed by atoms with Crippen molar-refractivity contribution in [3.05, 3.63) is 82.3 Å². The maximum absolute atomic E-state index is 12.9. The van der Waals surface area contributed by atoms with E-state index in [0.717, 1.165) is 35.2 Å². The number of amides is 2. The third kappa shape index (κ3) is 6.49. The Morgan fingerprint density at radius 3 is 2.46 bits per heavy atom. The lowest BCUT2D eigenvalue weighted by atomic mass is 10.1. The molecule has 39 heavy (non-hydrogen) atoms. The van der Waals surface area contributed by atoms with E-state index in [9.17, 15) is 9.59 Å². The standard InChI is InChI=1S/C30H31BrN4O4/c1-30(2,3)39-29(37)35-16-14-34(15-17-35)19-20-12-13-25-26(18-20)38-28(33-25)22-9-5-7-11-24(22)32-27(36)21-8-4-6-10-23(21)31/h4-13,18H,14-17,19H2,1-3H3,(H,32,36). The molecule has 1 fully saturated rings. The number of para-hydroxylation sites is 1. The van der Waals surface area contributed by atoms with Gasteiger partial charge in [-0.05, 0) is 78.7 Å². The molecular weight excluding hydrogens is 560 g/mol. The van der Waals surface area contributed by atoms with Crippen LogP contribution < -0.4 is 5.32 Å². The summed E-state index contributed by atoms with van der Waals surface area (Å²) in [5, 5.41) is 2.99. The van der Waals surface area contributed by atoms with Gasteiger partial charge in [0, 0.05) is 37.2 Å². The van der Waals surface area contributed by atoms with Crippen LogP contribution in [0, 0.1) is 0 Å². The molecule has 0 radical (unpaired) electrons. The number of hydrogen-bond donors (Lipinski definition) is 1. The molecule has 0 saturated carbocycles. The van der Waals surface area contributed by atoms with E-state index in [0.29, 0.717) is 41.4 Å². The van der Waals surface area contributed by atoms with Gasteiger partial charge in [-0.3, -0.25) is 9.69 Å². The number of halogens is 1. The van der Waals surface area contributed by atoms with Gasteiger partial charge in [-0.1, -0.05) is 30.3 Å². The molecule has 0 spiro atoms. The minimum Gasteiger partial charge on any atom is -0.444 e. The summed E-state index contributed by atoms with van der Waals surface area (Å²) >= 11 is 3.44. The van der Waals surface area contributed by atoms with Crippen LogP contribution in [0.15, 0.2) is 75.6 Å². The zero-order chi connectivity index (χ0) is 27.6. The van der Waals surface area contributed by atoms with E-state index >= 15 is 0 Å². The number of nitrogens with one attached hydrogen (secondary N) is 1. The largest absolute Gasteiger partial charge is 0.444 e. The van der Waals surface area contributed by atoms with Gasteiger partial charge >= 0.3 is 6.09 Å². The van der Waals surface area contributed by atoms with E-state index in [1.165, 1.54) is 0 Å². The normalized spacial score (nSPS) is 14.4. The highest BCUT2D eigenvalue weighted by Crippen LogP contribution is 2.31. The van der Waals surface area contributed by atoms with Crippen LogP contribution in [0.3, 0.4) is 0 Å². The Kier molecular flexibility index (Phi) is 7.72. The molecule has 0 aliphatic carbocycles. The minimum absolute atomic E-state index is 0.222. The number of fused-ring (bicyclic) bond motifs is 1. The van der Waals surface area contributed by atoms with E-state index in [-0.39, 0.29) is 12.0 Å². The Morgan fingerprint density at radius 1 is 1.00 bits per heavy atom. The fraction of sp³-hybridized carbons (Fsp3) is 0.300. The van der Waals surface area contributed by atoms with E-state index in [4.69, 9.17) is 9.15 Å². The zero-order valence-corrected chi connectivity index (χ0v) is 23.8. The second-order valence-electron chi connectivity index (χ2n) is 10.5. The molecule has 0 unspecified atom stereocenters. The number of nitrogens with zero attached hydrogens (tertiary/aromatic N) is 3. The maximum Gasteiger partial charge on any atom is 0.410 e. The number of rotatable bonds is 5. The summed E-state index contributed by atoms with van der Waals surface area (Å²) < 4.78 is 12.4. The molecule has 1 aliphatic rings. The van der Waals surface area contributed by atoms with E-state index in [1.54, 1.807) is 11.0 Å². The monoisotopic (exact) mass is 590 g/mol. The second kappa shape index (κ2) is 11.2. The molecule has 0 atom stereocenters. The van der Waals surface area contributed by atoms with Crippen molar-refractivity contribution in [3.63, 3.8) is 0 Å². The van der Waals surface area contributed by atoms with Crippen LogP contribution in [-0.2, 0) is 11.3 Å². The minimum atomic E-state index is -0.495. The van der Waals surface area contributed by atoms with Gasteiger partial charge in [0.25, 0.3) is 5.91 Å². The van der Waals surface area contributed by atoms with Gasteiger partial charge in [-0.2, -0.15) is 0 Å². The van der Waals surface area contributed by atoms with Crippen LogP contribution >= 0.6 is 15.9 Å². The van der Waals surface area contributed by atoms with Gasteiger partial charge in [0.2, 0.25) is 5.89 Å². The molecule has 1 aromatic heterocycles. The van der Waals surface area contributed by atoms with Gasteiger partial charge in [-0.25, -0.2) is 9.78 Å². The third-order valence-electron chi connectivity index (χ3n) is 6.41. The van der Waals surface area contributed by atoms with Gasteiger partial charge < -0.3 is 19.4 Å². The van der Waals surface area contributed by atoms with Crippen LogP contribution in [0.25, 0.3) is 22.6 Å². The molecule has 2 amide bonds. The molecule has 4 aromatic rings. The van der Waals surface area contributed by atoms with Gasteiger partial charge in [0.05, 0.1) is 16.8 Å². The molecule has 202 valence electrons. The third-order valence-corrected chi connectivity index (χ3v) is 7.10. The number of carbonyl (C=O) groups excluding carboxylic acids is 2. The van der Waals surface area contributed by atoms with Crippen LogP contribution in [0.4, 0.5) is 10.5 Å². The number of carbonyl (C=O) groups is 2. The molecule has 1 aliphatic heterocycles. The average molecular weight is 592 g/mol. The van der Waals surface area contributed by atoms with E-state index in [2.05, 4.69) is 37.2 Å². The van der Waals surface area contributed by atoms with Crippen LogP contribution in [-0.4, -0.2) is 58.6 Å². The molecule has 1 N–H and O–H groups in total. The quantitative estimate of drug-likeness (QED) is 0.283. The van der Waals surface area contributed by atoms with E-state index in [1.807, 2.05) is 75.4 Å². The van der Waals surface area contributed by atoms with Crippen LogP contribution in [0.2, 0.25) is 0 Å². The van der Waals surface area contributed by atoms with Crippen molar-refractivity contribution in [2.45, 2.75) is 32.9 Å². The summed E-state index contributed by atoms with van der Waals surface area (Å²) in [6.07, 6.45) is -0.259. The Hall–Kier alpha value is -3.69. The number of anilines is 1. The molecule has 2 heterocycles. The number of ether oxygens (including phenoxy) is 1. The molecular formula is C30H31BrN4O4. The lowest BCUT2D eigenvalue weighted by Crippen LogP contribution is -2.49. The Morgan fingerprint density at radius 2 is 1.72 bits per heavy atom. The van der Waals surface area contributed by atoms with Gasteiger partial charge in [-0.15, -0.1) is 0 Å². The van der Waals surface area contributed by atoms with Crippen molar-refractivity contribution >= 4 is 44.7 Å². The fourth-order valence-corrected chi connectivity index (χ4v) is 4.93. The Bertz CT molecular complexity index is 1500. The smallest absolute Gasteiger partial charge is 0.410 e. The maximum atomic E-state index is 12.9. The first-order valence-electron chi connectivity index (χ1n) is 12.9. The highest BCUT2D eigenvalue weighted by atomic mass is 79.9. The van der Waals surface area contributed by atoms with Crippen molar-refractivity contribution in [2.75, 3.05) is 31.5 Å². The lowest BCUT2D eigenvalue weighted by molar-refractivity contribution is 0.0139. The van der Waals surface area contributed by atoms with Gasteiger partial charge in [0.15, 0.2) is 5.58 Å². The van der Waals surface area contributed by atoms with E-state index < -0.39 is 5.60 Å². The average Bonchev–Trinajstić information content (AvgIpc) is 3.32. The van der Waals surface area contributed by atoms with Crippen molar-refractivity contribution in [3.8, 4) is 11.5 Å². The summed E-state index contributed by atoms with van der Waals surface area (Å²) in [7, 11) is 0. The number of benzene rings is 3. The molecule has 8 nitrogen and oxygen atoms in total. The van der Waals surface area contributed by atoms with Crippen molar-refractivity contribution in [1.82, 2.24) is 14.8 Å². The molecule has 9 heteroatoms. The second-order valence-corrected chi connectivity index (χ2v) is 11.4. The highest BCUT2D eigenvalue weighted by Gasteiger charge is 2.26. The predicted octanol–water partition coefficient (Wildman–Crippen LogP) is 6.56. The first-order valence-corrected chi connectivity index (χ1v) is 13.7. The van der Waals surface area contributed by atoms with Gasteiger partial charge in [0.1, 0.15) is 11.1 Å². The number of piperazine rings is 1. The Labute approximate surface area is 236 Å². The molecule has 5 rings (SSSR count). The first kappa shape index (κ1) is 26.9. The zero-order valence-electron chi connectivity index (χ0n) is 22.2. The SMILES string of the molecule is CC(C)(C)OC(=O)N1CCN(Cc2ccc3nc(-c4ccccc4NC(=O)c4ccccc4Br)oc3c2)CC1. The Balaban J connectivity index is 1.28. The van der Waals surface area contributed by atoms with Crippen LogP contribution in [0.1, 0.15) is 36.7 Å². The lowest BCUT2D eigenvalue weighted by Gasteiger charge is -2.35. The summed E-state index contributed by atoms with van der Waals surface area (Å²) in [5.74, 6) is 0.219. The highest BCUT2D eigenvalue weighted by molar-refractivity contribution is 9.10. The summed E-state index contributed by atoms with van der Waals surface area (Å²) in [6.45, 7) is 9.18. The van der Waals surface area contributed by atoms with Crippen LogP contribution in [0.5, 0.6) is 0 Å².